The van der Waals surface area contributed by atoms with E-state index in [0.29, 0.717) is 0 Å². The molecule has 0 aromatic heterocycles. The Kier molecular flexibility index (Phi) is 7.72. The molecule has 0 fully saturated rings. The summed E-state index contributed by atoms with van der Waals surface area (Å²) in [5.41, 5.74) is 0. The number of hydrogen-bond donors (Lipinski definition) is 0. The van der Waals surface area contributed by atoms with Crippen molar-refractivity contribution in [3.05, 3.63) is 0 Å². The minimum Gasteiger partial charge on any atom is -0.743 e. The molecule has 0 aliphatic carbocycles. The minimum absolute atomic E-state index is 0. The summed E-state index contributed by atoms with van der Waals surface area (Å²) in [4.78, 5) is 0. The average Bonchev–Trinajstić information content (AvgIpc) is 2.25. The van der Waals surface area contributed by atoms with Gasteiger partial charge in [0.15, 0.2) is 16.3 Å². The summed E-state index contributed by atoms with van der Waals surface area (Å²) in [6, 6.07) is 0. The number of hydrogen-bond acceptors (Lipinski definition) is 3. The van der Waals surface area contributed by atoms with Gasteiger partial charge in [0.25, 0.3) is 0 Å². The molecule has 134 valence electrons. The Morgan fingerprint density at radius 2 is 1.09 bits per heavy atom. The van der Waals surface area contributed by atoms with Crippen LogP contribution in [0.3, 0.4) is 0 Å². The molecule has 0 rings (SSSR count). The van der Waals surface area contributed by atoms with Crippen LogP contribution in [-0.2, 0) is 10.1 Å². The molecule has 16 heteroatoms. The number of alkyl halides is 11. The van der Waals surface area contributed by atoms with E-state index in [1.807, 2.05) is 0 Å². The molecule has 0 aliphatic rings. The molecule has 0 saturated carbocycles. The zero-order valence-corrected chi connectivity index (χ0v) is 14.8. The van der Waals surface area contributed by atoms with Crippen LogP contribution in [0.25, 0.3) is 0 Å². The van der Waals surface area contributed by atoms with Gasteiger partial charge in [-0.2, -0.15) is 43.9 Å². The van der Waals surface area contributed by atoms with E-state index in [1.54, 1.807) is 0 Å². The summed E-state index contributed by atoms with van der Waals surface area (Å²) < 4.78 is 169. The fourth-order valence-corrected chi connectivity index (χ4v) is 1.44. The summed E-state index contributed by atoms with van der Waals surface area (Å²) in [5, 5.41) is -7.37. The molecule has 1 atom stereocenters. The molecule has 0 heterocycles. The van der Waals surface area contributed by atoms with Gasteiger partial charge in [0.05, 0.1) is 0 Å². The zero-order valence-electron chi connectivity index (χ0n) is 10.9. The molecule has 0 aromatic carbocycles. The topological polar surface area (TPSA) is 57.2 Å². The molecule has 23 heavy (non-hydrogen) atoms. The smallest absolute Gasteiger partial charge is 0.743 e. The van der Waals surface area contributed by atoms with Gasteiger partial charge in [-0.1, -0.05) is 0 Å². The fourth-order valence-electron chi connectivity index (χ4n) is 0.996. The quantitative estimate of drug-likeness (QED) is 0.349. The molecule has 0 spiro atoms. The van der Waals surface area contributed by atoms with Gasteiger partial charge in [0.1, 0.15) is 0 Å². The molecule has 0 saturated heterocycles. The molecular weight excluding hydrogens is 412 g/mol. The summed E-state index contributed by atoms with van der Waals surface area (Å²) in [6.07, 6.45) is -4.21. The Labute approximate surface area is 163 Å². The zero-order chi connectivity index (χ0) is 18.6. The largest absolute Gasteiger partial charge is 1.00 e. The first-order valence-corrected chi connectivity index (χ1v) is 6.09. The third kappa shape index (κ3) is 3.67. The van der Waals surface area contributed by atoms with Gasteiger partial charge >= 0.3 is 80.3 Å². The molecular formula is C7H4F11KO3S. The average molecular weight is 416 g/mol. The van der Waals surface area contributed by atoms with Crippen molar-refractivity contribution in [2.24, 2.45) is 0 Å². The second kappa shape index (κ2) is 6.83. The monoisotopic (exact) mass is 416 g/mol. The predicted molar refractivity (Wildman–Crippen MR) is 45.0 cm³/mol. The molecule has 0 bridgehead atoms. The van der Waals surface area contributed by atoms with Gasteiger partial charge in [0.2, 0.25) is 0 Å². The van der Waals surface area contributed by atoms with Crippen LogP contribution >= 0.6 is 0 Å². The fraction of sp³-hybridized carbons (Fsp3) is 1.00. The maximum Gasteiger partial charge on any atom is 1.00 e. The molecule has 0 N–H and O–H groups in total. The SMILES string of the molecule is CC(F)C(F)(F)C(F)(F)C(F)(F)C(F)(F)C(F)(F)S(=O)(=O)[O-].[K+]. The van der Waals surface area contributed by atoms with Crippen molar-refractivity contribution < 1.29 is 113 Å². The van der Waals surface area contributed by atoms with Crippen molar-refractivity contribution in [2.45, 2.75) is 42.0 Å². The van der Waals surface area contributed by atoms with Crippen LogP contribution in [-0.4, -0.2) is 48.1 Å². The minimum atomic E-state index is -7.79. The predicted octanol–water partition coefficient (Wildman–Crippen LogP) is 0.0276. The van der Waals surface area contributed by atoms with E-state index in [-0.39, 0.29) is 51.4 Å². The van der Waals surface area contributed by atoms with Gasteiger partial charge in [-0.3, -0.25) is 0 Å². The maximum atomic E-state index is 12.8. The van der Waals surface area contributed by atoms with E-state index < -0.39 is 52.2 Å². The van der Waals surface area contributed by atoms with Gasteiger partial charge in [0, 0.05) is 0 Å². The van der Waals surface area contributed by atoms with Crippen molar-refractivity contribution >= 4 is 10.1 Å². The molecule has 0 radical (unpaired) electrons. The summed E-state index contributed by atoms with van der Waals surface area (Å²) >= 11 is 0. The van der Waals surface area contributed by atoms with Crippen LogP contribution in [0.1, 0.15) is 6.92 Å². The normalized spacial score (nSPS) is 16.7. The molecule has 3 nitrogen and oxygen atoms in total. The van der Waals surface area contributed by atoms with Gasteiger partial charge in [-0.25, -0.2) is 12.8 Å². The van der Waals surface area contributed by atoms with E-state index in [9.17, 15) is 61.3 Å². The van der Waals surface area contributed by atoms with Crippen LogP contribution in [0.5, 0.6) is 0 Å². The van der Waals surface area contributed by atoms with E-state index in [0.717, 1.165) is 0 Å². The number of rotatable bonds is 6. The van der Waals surface area contributed by atoms with E-state index in [4.69, 9.17) is 0 Å². The van der Waals surface area contributed by atoms with E-state index >= 15 is 0 Å². The molecule has 1 unspecified atom stereocenters. The Morgan fingerprint density at radius 1 is 0.783 bits per heavy atom. The maximum absolute atomic E-state index is 12.8. The third-order valence-electron chi connectivity index (χ3n) is 2.39. The Bertz CT molecular complexity index is 530. The van der Waals surface area contributed by atoms with Gasteiger partial charge in [-0.05, 0) is 6.92 Å². The van der Waals surface area contributed by atoms with Crippen molar-refractivity contribution in [3.63, 3.8) is 0 Å². The first-order chi connectivity index (χ1) is 9.19. The summed E-state index contributed by atoms with van der Waals surface area (Å²) in [7, 11) is -7.65. The first kappa shape index (κ1) is 26.0. The van der Waals surface area contributed by atoms with Gasteiger partial charge < -0.3 is 4.55 Å². The van der Waals surface area contributed by atoms with E-state index in [1.165, 1.54) is 0 Å². The van der Waals surface area contributed by atoms with Crippen molar-refractivity contribution in [3.8, 4) is 0 Å². The van der Waals surface area contributed by atoms with Crippen LogP contribution in [0.2, 0.25) is 0 Å². The van der Waals surface area contributed by atoms with Gasteiger partial charge in [-0.15, -0.1) is 0 Å². The van der Waals surface area contributed by atoms with E-state index in [2.05, 4.69) is 0 Å². The second-order valence-corrected chi connectivity index (χ2v) is 5.35. The second-order valence-electron chi connectivity index (χ2n) is 3.93. The summed E-state index contributed by atoms with van der Waals surface area (Å²) in [6.45, 7) is -0.468. The van der Waals surface area contributed by atoms with Crippen molar-refractivity contribution in [1.29, 1.82) is 0 Å². The Morgan fingerprint density at radius 3 is 1.30 bits per heavy atom. The van der Waals surface area contributed by atoms with Crippen LogP contribution < -0.4 is 51.4 Å². The van der Waals surface area contributed by atoms with Crippen LogP contribution in [0.4, 0.5) is 48.3 Å². The van der Waals surface area contributed by atoms with Crippen LogP contribution in [0.15, 0.2) is 0 Å². The Balaban J connectivity index is 0. The summed E-state index contributed by atoms with van der Waals surface area (Å²) in [5.74, 6) is -29.6. The first-order valence-electron chi connectivity index (χ1n) is 4.68. The number of halogens is 11. The molecule has 0 amide bonds. The Hall–Kier alpha value is 0.776. The van der Waals surface area contributed by atoms with Crippen molar-refractivity contribution in [1.82, 2.24) is 0 Å². The molecule has 0 aliphatic heterocycles. The van der Waals surface area contributed by atoms with Crippen molar-refractivity contribution in [2.75, 3.05) is 0 Å². The third-order valence-corrected chi connectivity index (χ3v) is 3.27. The molecule has 0 aromatic rings. The standard InChI is InChI=1S/C7H5F11O3S.K/c1-2(8)3(9,10)4(11,12)5(13,14)6(15,16)7(17,18)22(19,20)21;/h2H,1H3,(H,19,20,21);/q;+1/p-1. The van der Waals surface area contributed by atoms with Crippen LogP contribution in [0, 0.1) is 0 Å².